The molecule has 0 unspecified atom stereocenters. The third-order valence-electron chi connectivity index (χ3n) is 2.42. The average Bonchev–Trinajstić information content (AvgIpc) is 2.28. The van der Waals surface area contributed by atoms with Gasteiger partial charge in [-0.05, 0) is 37.7 Å². The lowest BCUT2D eigenvalue weighted by Crippen LogP contribution is -2.27. The van der Waals surface area contributed by atoms with Crippen molar-refractivity contribution in [3.63, 3.8) is 0 Å². The lowest BCUT2D eigenvalue weighted by molar-refractivity contribution is 0.287. The van der Waals surface area contributed by atoms with Gasteiger partial charge < -0.3 is 5.11 Å². The monoisotopic (exact) mass is 283 g/mol. The van der Waals surface area contributed by atoms with E-state index in [1.54, 1.807) is 0 Å². The number of unbranched alkanes of at least 4 members (excludes halogenated alkanes) is 4. The molecule has 0 atom stereocenters. The molecule has 6 heteroatoms. The molecule has 0 aromatic rings. The second-order valence-electron chi connectivity index (χ2n) is 4.05. The number of rotatable bonds is 12. The van der Waals surface area contributed by atoms with E-state index in [9.17, 15) is 8.42 Å². The van der Waals surface area contributed by atoms with Crippen LogP contribution in [0.1, 0.15) is 38.5 Å². The van der Waals surface area contributed by atoms with Gasteiger partial charge in [0.25, 0.3) is 0 Å². The van der Waals surface area contributed by atoms with E-state index >= 15 is 0 Å². The van der Waals surface area contributed by atoms with Crippen molar-refractivity contribution in [3.8, 4) is 0 Å². The van der Waals surface area contributed by atoms with Gasteiger partial charge in [0, 0.05) is 13.2 Å². The maximum atomic E-state index is 11.4. The maximum Gasteiger partial charge on any atom is 0.211 e. The summed E-state index contributed by atoms with van der Waals surface area (Å²) in [5.74, 6) is 1.31. The van der Waals surface area contributed by atoms with Crippen LogP contribution in [0.5, 0.6) is 0 Å². The van der Waals surface area contributed by atoms with Crippen LogP contribution in [-0.2, 0) is 10.0 Å². The summed E-state index contributed by atoms with van der Waals surface area (Å²) >= 11 is 1.85. The Morgan fingerprint density at radius 2 is 1.76 bits per heavy atom. The summed E-state index contributed by atoms with van der Waals surface area (Å²) in [6.07, 6.45) is 7.56. The van der Waals surface area contributed by atoms with Crippen molar-refractivity contribution >= 4 is 21.8 Å². The SMILES string of the molecule is CSCCCCCCNS(=O)(=O)CCCCO. The molecule has 0 spiro atoms. The predicted molar refractivity (Wildman–Crippen MR) is 75.0 cm³/mol. The molecule has 0 aromatic heterocycles. The van der Waals surface area contributed by atoms with E-state index in [0.29, 0.717) is 19.4 Å². The highest BCUT2D eigenvalue weighted by molar-refractivity contribution is 7.98. The number of nitrogens with one attached hydrogen (secondary N) is 1. The fraction of sp³-hybridized carbons (Fsp3) is 1.00. The van der Waals surface area contributed by atoms with Gasteiger partial charge in [0.15, 0.2) is 0 Å². The Labute approximate surface area is 110 Å². The first kappa shape index (κ1) is 17.2. The van der Waals surface area contributed by atoms with Crippen molar-refractivity contribution in [1.82, 2.24) is 4.72 Å². The van der Waals surface area contributed by atoms with E-state index in [4.69, 9.17) is 5.11 Å². The average molecular weight is 283 g/mol. The van der Waals surface area contributed by atoms with E-state index in [2.05, 4.69) is 11.0 Å². The van der Waals surface area contributed by atoms with Crippen molar-refractivity contribution in [2.75, 3.05) is 30.9 Å². The molecule has 0 radical (unpaired) electrons. The van der Waals surface area contributed by atoms with Crippen LogP contribution in [-0.4, -0.2) is 44.4 Å². The third kappa shape index (κ3) is 12.5. The van der Waals surface area contributed by atoms with Gasteiger partial charge in [0.05, 0.1) is 5.75 Å². The molecule has 0 aromatic carbocycles. The van der Waals surface area contributed by atoms with Gasteiger partial charge in [-0.15, -0.1) is 0 Å². The normalized spacial score (nSPS) is 11.9. The zero-order valence-electron chi connectivity index (χ0n) is 10.7. The first-order chi connectivity index (χ1) is 8.12. The smallest absolute Gasteiger partial charge is 0.211 e. The maximum absolute atomic E-state index is 11.4. The molecule has 2 N–H and O–H groups in total. The Kier molecular flexibility index (Phi) is 11.5. The van der Waals surface area contributed by atoms with Gasteiger partial charge in [-0.3, -0.25) is 0 Å². The van der Waals surface area contributed by atoms with Crippen molar-refractivity contribution in [2.45, 2.75) is 38.5 Å². The summed E-state index contributed by atoms with van der Waals surface area (Å²) < 4.78 is 25.5. The van der Waals surface area contributed by atoms with Gasteiger partial charge in [-0.1, -0.05) is 12.8 Å². The number of aliphatic hydroxyl groups excluding tert-OH is 1. The molecule has 17 heavy (non-hydrogen) atoms. The van der Waals surface area contributed by atoms with E-state index in [1.165, 1.54) is 18.6 Å². The Morgan fingerprint density at radius 3 is 2.41 bits per heavy atom. The van der Waals surface area contributed by atoms with Crippen molar-refractivity contribution in [2.24, 2.45) is 0 Å². The highest BCUT2D eigenvalue weighted by Gasteiger charge is 2.08. The summed E-state index contributed by atoms with van der Waals surface area (Å²) in [4.78, 5) is 0. The van der Waals surface area contributed by atoms with Crippen LogP contribution in [0.25, 0.3) is 0 Å². The van der Waals surface area contributed by atoms with Crippen molar-refractivity contribution in [1.29, 1.82) is 0 Å². The quantitative estimate of drug-likeness (QED) is 0.534. The lowest BCUT2D eigenvalue weighted by atomic mass is 10.2. The molecule has 0 heterocycles. The number of aliphatic hydroxyl groups is 1. The van der Waals surface area contributed by atoms with E-state index in [1.807, 2.05) is 11.8 Å². The number of hydrogen-bond donors (Lipinski definition) is 2. The molecule has 0 aliphatic carbocycles. The van der Waals surface area contributed by atoms with Crippen LogP contribution in [0.2, 0.25) is 0 Å². The largest absolute Gasteiger partial charge is 0.396 e. The van der Waals surface area contributed by atoms with Crippen molar-refractivity contribution in [3.05, 3.63) is 0 Å². The number of hydrogen-bond acceptors (Lipinski definition) is 4. The minimum atomic E-state index is -3.12. The first-order valence-electron chi connectivity index (χ1n) is 6.19. The van der Waals surface area contributed by atoms with Crippen LogP contribution in [0, 0.1) is 0 Å². The molecule has 0 aliphatic rings. The van der Waals surface area contributed by atoms with Crippen LogP contribution < -0.4 is 4.72 Å². The minimum absolute atomic E-state index is 0.0605. The molecule has 0 fully saturated rings. The zero-order chi connectivity index (χ0) is 13.0. The van der Waals surface area contributed by atoms with Crippen LogP contribution in [0.4, 0.5) is 0 Å². The van der Waals surface area contributed by atoms with E-state index in [-0.39, 0.29) is 12.4 Å². The van der Waals surface area contributed by atoms with Gasteiger partial charge in [-0.25, -0.2) is 13.1 Å². The molecule has 104 valence electrons. The van der Waals surface area contributed by atoms with Gasteiger partial charge in [-0.2, -0.15) is 11.8 Å². The highest BCUT2D eigenvalue weighted by Crippen LogP contribution is 2.04. The second-order valence-corrected chi connectivity index (χ2v) is 6.96. The summed E-state index contributed by atoms with van der Waals surface area (Å²) in [6, 6.07) is 0. The topological polar surface area (TPSA) is 66.4 Å². The van der Waals surface area contributed by atoms with Gasteiger partial charge in [0.2, 0.25) is 10.0 Å². The number of sulfonamides is 1. The van der Waals surface area contributed by atoms with E-state index in [0.717, 1.165) is 12.8 Å². The summed E-state index contributed by atoms with van der Waals surface area (Å²) in [6.45, 7) is 0.603. The Bertz CT molecular complexity index is 255. The van der Waals surface area contributed by atoms with Crippen LogP contribution in [0.3, 0.4) is 0 Å². The Morgan fingerprint density at radius 1 is 1.06 bits per heavy atom. The first-order valence-corrected chi connectivity index (χ1v) is 9.24. The Balaban J connectivity index is 3.39. The molecule has 0 amide bonds. The number of thioether (sulfide) groups is 1. The molecule has 0 aliphatic heterocycles. The molecule has 0 saturated carbocycles. The standard InChI is InChI=1S/C11H25NO3S2/c1-16-10-6-3-2-4-8-12-17(14,15)11-7-5-9-13/h12-13H,2-11H2,1H3. The highest BCUT2D eigenvalue weighted by atomic mass is 32.2. The molecule has 0 saturated heterocycles. The fourth-order valence-electron chi connectivity index (χ4n) is 1.43. The summed E-state index contributed by atoms with van der Waals surface area (Å²) in [5, 5.41) is 8.56. The van der Waals surface area contributed by atoms with Crippen LogP contribution in [0.15, 0.2) is 0 Å². The zero-order valence-corrected chi connectivity index (χ0v) is 12.3. The van der Waals surface area contributed by atoms with E-state index < -0.39 is 10.0 Å². The third-order valence-corrected chi connectivity index (χ3v) is 4.59. The predicted octanol–water partition coefficient (Wildman–Crippen LogP) is 1.60. The molecule has 4 nitrogen and oxygen atoms in total. The summed E-state index contributed by atoms with van der Waals surface area (Å²) in [7, 11) is -3.12. The fourth-order valence-corrected chi connectivity index (χ4v) is 3.11. The molecule has 0 rings (SSSR count). The Hall–Kier alpha value is 0.220. The lowest BCUT2D eigenvalue weighted by Gasteiger charge is -2.06. The molecular formula is C11H25NO3S2. The molecule has 0 bridgehead atoms. The van der Waals surface area contributed by atoms with Crippen molar-refractivity contribution < 1.29 is 13.5 Å². The van der Waals surface area contributed by atoms with Gasteiger partial charge >= 0.3 is 0 Å². The second kappa shape index (κ2) is 11.3. The van der Waals surface area contributed by atoms with Gasteiger partial charge in [0.1, 0.15) is 0 Å². The minimum Gasteiger partial charge on any atom is -0.396 e. The van der Waals surface area contributed by atoms with Crippen LogP contribution >= 0.6 is 11.8 Å². The summed E-state index contributed by atoms with van der Waals surface area (Å²) in [5.41, 5.74) is 0. The molecular weight excluding hydrogens is 258 g/mol.